The van der Waals surface area contributed by atoms with Crippen molar-refractivity contribution in [2.24, 2.45) is 0 Å². The van der Waals surface area contributed by atoms with Gasteiger partial charge in [0.05, 0.1) is 19.8 Å². The van der Waals surface area contributed by atoms with Crippen LogP contribution in [0.25, 0.3) is 0 Å². The van der Waals surface area contributed by atoms with Gasteiger partial charge in [0.2, 0.25) is 0 Å². The lowest BCUT2D eigenvalue weighted by Crippen LogP contribution is -2.52. The van der Waals surface area contributed by atoms with Crippen LogP contribution < -0.4 is 10.6 Å². The Hall–Kier alpha value is 0.690. The molecule has 0 fully saturated rings. The molecule has 3 N–H and O–H groups in total. The molecule has 49 heavy (non-hydrogen) atoms. The largest absolute Gasteiger partial charge is 0.756 e. The fourth-order valence-electron chi connectivity index (χ4n) is 5.65. The van der Waals surface area contributed by atoms with Gasteiger partial charge in [0.1, 0.15) is 12.7 Å². The molecular weight excluding hydrogens is 674 g/mol. The molecule has 2 atom stereocenters. The maximum Gasteiger partial charge on any atom is 0.268 e. The van der Waals surface area contributed by atoms with Crippen molar-refractivity contribution < 1.29 is 33.7 Å². The van der Waals surface area contributed by atoms with Gasteiger partial charge < -0.3 is 29.1 Å². The molecule has 0 aliphatic carbocycles. The molecule has 0 aliphatic heterocycles. The van der Waals surface area contributed by atoms with Gasteiger partial charge in [-0.2, -0.15) is 23.5 Å². The molecule has 0 saturated heterocycles. The van der Waals surface area contributed by atoms with E-state index in [1.165, 1.54) is 171 Å². The maximum absolute atomic E-state index is 12.0. The monoisotopic (exact) mass is 756 g/mol. The van der Waals surface area contributed by atoms with Crippen molar-refractivity contribution >= 4 is 31.3 Å². The first kappa shape index (κ1) is 49.7. The lowest BCUT2D eigenvalue weighted by Gasteiger charge is -2.25. The second-order valence-corrected chi connectivity index (χ2v) is 17.6. The Morgan fingerprint density at radius 3 is 1.33 bits per heavy atom. The van der Waals surface area contributed by atoms with Crippen molar-refractivity contribution in [1.29, 1.82) is 0 Å². The second-order valence-electron chi connectivity index (χ2n) is 13.7. The van der Waals surface area contributed by atoms with Gasteiger partial charge >= 0.3 is 0 Å². The van der Waals surface area contributed by atoms with E-state index in [0.29, 0.717) is 26.4 Å². The molecule has 0 bridgehead atoms. The third kappa shape index (κ3) is 41.3. The highest BCUT2D eigenvalue weighted by Gasteiger charge is 2.16. The van der Waals surface area contributed by atoms with Crippen molar-refractivity contribution in [3.8, 4) is 0 Å². The Balaban J connectivity index is 3.84. The van der Waals surface area contributed by atoms with Crippen LogP contribution >= 0.6 is 31.3 Å². The highest BCUT2D eigenvalue weighted by atomic mass is 32.2. The summed E-state index contributed by atoms with van der Waals surface area (Å²) in [6, 6.07) is 0. The third-order valence-corrected chi connectivity index (χ3v) is 12.0. The molecule has 0 saturated carbocycles. The van der Waals surface area contributed by atoms with Gasteiger partial charge in [-0.25, -0.2) is 0 Å². The molecular formula is C39H82NO6PS2. The van der Waals surface area contributed by atoms with E-state index < -0.39 is 13.9 Å². The Bertz CT molecular complexity index is 681. The van der Waals surface area contributed by atoms with Crippen LogP contribution in [0.3, 0.4) is 0 Å². The molecule has 0 radical (unpaired) electrons. The summed E-state index contributed by atoms with van der Waals surface area (Å²) < 4.78 is 33.9. The summed E-state index contributed by atoms with van der Waals surface area (Å²) in [5.74, 6) is 5.25. The minimum atomic E-state index is -4.35. The van der Waals surface area contributed by atoms with Crippen LogP contribution in [0.2, 0.25) is 0 Å². The second kappa shape index (κ2) is 41.4. The molecule has 0 aromatic rings. The van der Waals surface area contributed by atoms with Crippen molar-refractivity contribution in [3.05, 3.63) is 0 Å². The summed E-state index contributed by atoms with van der Waals surface area (Å²) in [5.41, 5.74) is 3.62. The van der Waals surface area contributed by atoms with Crippen molar-refractivity contribution in [1.82, 2.24) is 0 Å². The zero-order valence-electron chi connectivity index (χ0n) is 32.5. The minimum Gasteiger partial charge on any atom is -0.756 e. The third-order valence-electron chi connectivity index (χ3n) is 8.76. The molecule has 10 heteroatoms. The maximum atomic E-state index is 12.0. The molecule has 0 aromatic carbocycles. The summed E-state index contributed by atoms with van der Waals surface area (Å²) in [4.78, 5) is 12.0. The first-order valence-electron chi connectivity index (χ1n) is 20.8. The van der Waals surface area contributed by atoms with Crippen LogP contribution in [0.5, 0.6) is 0 Å². The predicted molar refractivity (Wildman–Crippen MR) is 214 cm³/mol. The molecule has 0 aromatic heterocycles. The average Bonchev–Trinajstić information content (AvgIpc) is 3.10. The Kier molecular flexibility index (Phi) is 42.0. The fraction of sp³-hybridized carbons (Fsp3) is 1.00. The first-order chi connectivity index (χ1) is 24.1. The van der Waals surface area contributed by atoms with E-state index in [0.717, 1.165) is 19.3 Å². The first-order valence-corrected chi connectivity index (χ1v) is 24.6. The zero-order chi connectivity index (χ0) is 35.8. The highest BCUT2D eigenvalue weighted by molar-refractivity contribution is 7.99. The Morgan fingerprint density at radius 1 is 0.510 bits per heavy atom. The molecule has 0 rings (SSSR count). The number of quaternary nitrogens is 1. The fourth-order valence-corrected chi connectivity index (χ4v) is 8.47. The van der Waals surface area contributed by atoms with Gasteiger partial charge in [-0.15, -0.1) is 0 Å². The highest BCUT2D eigenvalue weighted by Crippen LogP contribution is 2.38. The van der Waals surface area contributed by atoms with Crippen molar-refractivity contribution in [3.63, 3.8) is 0 Å². The van der Waals surface area contributed by atoms with Gasteiger partial charge in [0.15, 0.2) is 0 Å². The standard InChI is InChI=1S/C39H82NO6PS2/c1-3-5-7-9-13-19-25-33-48-35-27-21-15-11-17-23-30-43-37-39(38-46-47(41,42)45-32-29-40)44-31-24-18-12-16-22-28-36-49-34-26-20-14-10-8-6-4-2/h39H,3-38,40H2,1-2H3,(H,41,42)/t39-/m0/s1. The van der Waals surface area contributed by atoms with Gasteiger partial charge in [0.25, 0.3) is 7.82 Å². The number of rotatable bonds is 43. The Morgan fingerprint density at radius 2 is 0.898 bits per heavy atom. The van der Waals surface area contributed by atoms with Crippen LogP contribution in [-0.4, -0.2) is 68.7 Å². The van der Waals surface area contributed by atoms with Crippen LogP contribution in [0.1, 0.15) is 181 Å². The van der Waals surface area contributed by atoms with Crippen molar-refractivity contribution in [2.75, 3.05) is 62.6 Å². The summed E-state index contributed by atoms with van der Waals surface area (Å²) in [5, 5.41) is 0. The van der Waals surface area contributed by atoms with Crippen LogP contribution in [0.15, 0.2) is 0 Å². The van der Waals surface area contributed by atoms with E-state index in [-0.39, 0.29) is 13.2 Å². The zero-order valence-corrected chi connectivity index (χ0v) is 35.0. The number of hydrogen-bond donors (Lipinski definition) is 1. The van der Waals surface area contributed by atoms with Gasteiger partial charge in [-0.3, -0.25) is 4.57 Å². The number of unbranched alkanes of at least 4 members (excludes halogenated alkanes) is 22. The SMILES string of the molecule is CCCCCCCCCSCCCCCCCCOC[C@@H](COP(=O)([O-])OCC[NH3+])OCCCCCCCCSCCCCCCCCC. The van der Waals surface area contributed by atoms with E-state index in [9.17, 15) is 9.46 Å². The number of ether oxygens (including phenoxy) is 2. The summed E-state index contributed by atoms with van der Waals surface area (Å²) in [6.45, 7) is 6.46. The van der Waals surface area contributed by atoms with Gasteiger partial charge in [-0.1, -0.05) is 142 Å². The molecule has 0 heterocycles. The lowest BCUT2D eigenvalue weighted by molar-refractivity contribution is -0.373. The van der Waals surface area contributed by atoms with Crippen LogP contribution in [-0.2, 0) is 23.1 Å². The molecule has 0 amide bonds. The number of thioether (sulfide) groups is 2. The topological polar surface area (TPSA) is 105 Å². The lowest BCUT2D eigenvalue weighted by atomic mass is 10.1. The van der Waals surface area contributed by atoms with Gasteiger partial charge in [-0.05, 0) is 61.5 Å². The molecule has 1 unspecified atom stereocenters. The van der Waals surface area contributed by atoms with Crippen LogP contribution in [0, 0.1) is 0 Å². The molecule has 0 spiro atoms. The number of hydrogen-bond acceptors (Lipinski definition) is 8. The predicted octanol–water partition coefficient (Wildman–Crippen LogP) is 10.8. The molecule has 0 aliphatic rings. The van der Waals surface area contributed by atoms with E-state index in [1.54, 1.807) is 0 Å². The summed E-state index contributed by atoms with van der Waals surface area (Å²) in [7, 11) is -4.35. The molecule has 296 valence electrons. The van der Waals surface area contributed by atoms with E-state index in [2.05, 4.69) is 43.1 Å². The van der Waals surface area contributed by atoms with Crippen molar-refractivity contribution in [2.45, 2.75) is 187 Å². The smallest absolute Gasteiger partial charge is 0.268 e. The number of phosphoric acid groups is 1. The number of phosphoric ester groups is 1. The van der Waals surface area contributed by atoms with Crippen LogP contribution in [0.4, 0.5) is 0 Å². The van der Waals surface area contributed by atoms with E-state index in [1.807, 2.05) is 0 Å². The van der Waals surface area contributed by atoms with E-state index >= 15 is 0 Å². The van der Waals surface area contributed by atoms with E-state index in [4.69, 9.17) is 18.5 Å². The quantitative estimate of drug-likeness (QED) is 0.0484. The summed E-state index contributed by atoms with van der Waals surface area (Å²) >= 11 is 4.26. The minimum absolute atomic E-state index is 0.0266. The van der Waals surface area contributed by atoms with Gasteiger partial charge in [0, 0.05) is 13.2 Å². The normalized spacial score (nSPS) is 13.6. The average molecular weight is 756 g/mol. The molecule has 7 nitrogen and oxygen atoms in total. The Labute approximate surface area is 313 Å². The summed E-state index contributed by atoms with van der Waals surface area (Å²) in [6.07, 6.45) is 33.7.